The lowest BCUT2D eigenvalue weighted by molar-refractivity contribution is 0.598. The number of rotatable bonds is 0. The molecule has 64 valence electrons. The Morgan fingerprint density at radius 3 is 2.67 bits per heavy atom. The molecule has 0 aliphatic carbocycles. The number of hydrogen-bond acceptors (Lipinski definition) is 2. The molecule has 1 aromatic rings. The first-order valence-corrected chi connectivity index (χ1v) is 6.04. The minimum atomic E-state index is -3.07. The number of hydrogen-bond donors (Lipinski definition) is 0. The third kappa shape index (κ3) is 1.02. The second-order valence-electron chi connectivity index (χ2n) is 2.77. The summed E-state index contributed by atoms with van der Waals surface area (Å²) in [6.45, 7) is 0. The number of alkyl halides is 1. The molecule has 1 aliphatic rings. The van der Waals surface area contributed by atoms with E-state index < -0.39 is 14.0 Å². The third-order valence-electron chi connectivity index (χ3n) is 2.00. The van der Waals surface area contributed by atoms with E-state index in [-0.39, 0.29) is 0 Å². The van der Waals surface area contributed by atoms with Gasteiger partial charge >= 0.3 is 0 Å². The highest BCUT2D eigenvalue weighted by molar-refractivity contribution is 9.11. The topological polar surface area (TPSA) is 34.1 Å². The van der Waals surface area contributed by atoms with Crippen LogP contribution in [-0.4, -0.2) is 12.6 Å². The Morgan fingerprint density at radius 1 is 1.33 bits per heavy atom. The maximum atomic E-state index is 11.5. The molecular weight excluding hydrogens is 240 g/mol. The van der Waals surface area contributed by atoms with Gasteiger partial charge in [0.2, 0.25) is 0 Å². The monoisotopic (exact) mass is 246 g/mol. The van der Waals surface area contributed by atoms with E-state index in [4.69, 9.17) is 0 Å². The zero-order chi connectivity index (χ0) is 8.77. The summed E-state index contributed by atoms with van der Waals surface area (Å²) in [7, 11) is -3.07. The summed E-state index contributed by atoms with van der Waals surface area (Å²) < 4.78 is 22.6. The number of halogens is 1. The Kier molecular flexibility index (Phi) is 1.77. The molecule has 0 radical (unpaired) electrons. The second kappa shape index (κ2) is 2.57. The summed E-state index contributed by atoms with van der Waals surface area (Å²) >= 11 is 3.15. The standard InChI is InChI=1S/C8H7BrO2S/c9-8-5-6-3-1-2-4-7(6)12(8,10)11/h1-4,8H,5H2. The van der Waals surface area contributed by atoms with Gasteiger partial charge < -0.3 is 0 Å². The zero-order valence-corrected chi connectivity index (χ0v) is 8.60. The lowest BCUT2D eigenvalue weighted by Gasteiger charge is -1.97. The van der Waals surface area contributed by atoms with E-state index in [0.29, 0.717) is 11.3 Å². The van der Waals surface area contributed by atoms with Crippen LogP contribution < -0.4 is 0 Å². The molecule has 1 aromatic carbocycles. The van der Waals surface area contributed by atoms with E-state index in [2.05, 4.69) is 15.9 Å². The molecule has 0 saturated heterocycles. The van der Waals surface area contributed by atoms with E-state index in [1.165, 1.54) is 0 Å². The SMILES string of the molecule is O=S1(=O)c2ccccc2CC1Br. The maximum absolute atomic E-state index is 11.5. The van der Waals surface area contributed by atoms with Crippen molar-refractivity contribution in [2.24, 2.45) is 0 Å². The molecule has 0 aromatic heterocycles. The molecule has 0 amide bonds. The van der Waals surface area contributed by atoms with E-state index in [0.717, 1.165) is 5.56 Å². The molecule has 0 saturated carbocycles. The van der Waals surface area contributed by atoms with Crippen molar-refractivity contribution in [2.45, 2.75) is 15.5 Å². The highest BCUT2D eigenvalue weighted by Gasteiger charge is 2.34. The fraction of sp³-hybridized carbons (Fsp3) is 0.250. The largest absolute Gasteiger partial charge is 0.223 e. The highest BCUT2D eigenvalue weighted by atomic mass is 79.9. The molecule has 4 heteroatoms. The van der Waals surface area contributed by atoms with Gasteiger partial charge in [-0.05, 0) is 11.6 Å². The Balaban J connectivity index is 2.72. The average molecular weight is 247 g/mol. The molecule has 0 N–H and O–H groups in total. The third-order valence-corrected chi connectivity index (χ3v) is 5.65. The predicted octanol–water partition coefficient (Wildman–Crippen LogP) is 1.74. The number of fused-ring (bicyclic) bond motifs is 1. The molecule has 0 bridgehead atoms. The van der Waals surface area contributed by atoms with Crippen molar-refractivity contribution in [1.29, 1.82) is 0 Å². The van der Waals surface area contributed by atoms with Crippen molar-refractivity contribution in [3.05, 3.63) is 29.8 Å². The first kappa shape index (κ1) is 8.26. The van der Waals surface area contributed by atoms with Gasteiger partial charge in [-0.15, -0.1) is 0 Å². The quantitative estimate of drug-likeness (QED) is 0.654. The smallest absolute Gasteiger partial charge is 0.191 e. The molecule has 2 rings (SSSR count). The predicted molar refractivity (Wildman–Crippen MR) is 50.0 cm³/mol. The first-order valence-electron chi connectivity index (χ1n) is 3.58. The lowest BCUT2D eigenvalue weighted by atomic mass is 10.2. The molecule has 2 nitrogen and oxygen atoms in total. The summed E-state index contributed by atoms with van der Waals surface area (Å²) in [4.78, 5) is 0.479. The van der Waals surface area contributed by atoms with Crippen molar-refractivity contribution >= 4 is 25.8 Å². The Bertz CT molecular complexity index is 411. The molecule has 12 heavy (non-hydrogen) atoms. The molecule has 0 spiro atoms. The van der Waals surface area contributed by atoms with Gasteiger partial charge in [0.05, 0.1) is 4.90 Å². The summed E-state index contributed by atoms with van der Waals surface area (Å²) in [5, 5.41) is 0. The molecule has 0 fully saturated rings. The summed E-state index contributed by atoms with van der Waals surface area (Å²) in [5.74, 6) is 0. The Morgan fingerprint density at radius 2 is 2.00 bits per heavy atom. The van der Waals surface area contributed by atoms with Crippen LogP contribution in [0.5, 0.6) is 0 Å². The fourth-order valence-electron chi connectivity index (χ4n) is 1.37. The van der Waals surface area contributed by atoms with Crippen LogP contribution in [0.4, 0.5) is 0 Å². The van der Waals surface area contributed by atoms with E-state index >= 15 is 0 Å². The van der Waals surface area contributed by atoms with Crippen LogP contribution in [0.2, 0.25) is 0 Å². The number of sulfone groups is 1. The van der Waals surface area contributed by atoms with Gasteiger partial charge in [-0.2, -0.15) is 0 Å². The Labute approximate surface area is 79.6 Å². The van der Waals surface area contributed by atoms with Crippen LogP contribution in [-0.2, 0) is 16.3 Å². The molecule has 1 aliphatic heterocycles. The van der Waals surface area contributed by atoms with Gasteiger partial charge in [0, 0.05) is 6.42 Å². The van der Waals surface area contributed by atoms with Crippen LogP contribution in [0.15, 0.2) is 29.2 Å². The van der Waals surface area contributed by atoms with Crippen LogP contribution >= 0.6 is 15.9 Å². The van der Waals surface area contributed by atoms with Gasteiger partial charge in [0.25, 0.3) is 0 Å². The van der Waals surface area contributed by atoms with Crippen molar-refractivity contribution in [3.63, 3.8) is 0 Å². The maximum Gasteiger partial charge on any atom is 0.191 e. The Hall–Kier alpha value is -0.350. The van der Waals surface area contributed by atoms with Crippen LogP contribution in [0.3, 0.4) is 0 Å². The van der Waals surface area contributed by atoms with Gasteiger partial charge in [0.1, 0.15) is 4.16 Å². The average Bonchev–Trinajstić information content (AvgIpc) is 2.25. The van der Waals surface area contributed by atoms with Crippen LogP contribution in [0.25, 0.3) is 0 Å². The molecular formula is C8H7BrO2S. The molecule has 1 unspecified atom stereocenters. The minimum Gasteiger partial charge on any atom is -0.223 e. The lowest BCUT2D eigenvalue weighted by Crippen LogP contribution is -2.07. The van der Waals surface area contributed by atoms with Crippen molar-refractivity contribution in [2.75, 3.05) is 0 Å². The summed E-state index contributed by atoms with van der Waals surface area (Å²) in [5.41, 5.74) is 0.916. The van der Waals surface area contributed by atoms with Gasteiger partial charge in [-0.3, -0.25) is 0 Å². The van der Waals surface area contributed by atoms with Gasteiger partial charge in [-0.25, -0.2) is 8.42 Å². The second-order valence-corrected chi connectivity index (χ2v) is 6.58. The van der Waals surface area contributed by atoms with Gasteiger partial charge in [-0.1, -0.05) is 34.1 Å². The van der Waals surface area contributed by atoms with E-state index in [9.17, 15) is 8.42 Å². The fourth-order valence-corrected chi connectivity index (χ4v) is 3.78. The van der Waals surface area contributed by atoms with Crippen LogP contribution in [0, 0.1) is 0 Å². The normalized spacial score (nSPS) is 25.2. The van der Waals surface area contributed by atoms with Crippen LogP contribution in [0.1, 0.15) is 5.56 Å². The van der Waals surface area contributed by atoms with Crippen molar-refractivity contribution in [3.8, 4) is 0 Å². The molecule has 1 heterocycles. The van der Waals surface area contributed by atoms with Crippen molar-refractivity contribution in [1.82, 2.24) is 0 Å². The van der Waals surface area contributed by atoms with Gasteiger partial charge in [0.15, 0.2) is 9.84 Å². The van der Waals surface area contributed by atoms with E-state index in [1.54, 1.807) is 12.1 Å². The summed E-state index contributed by atoms with van der Waals surface area (Å²) in [6.07, 6.45) is 0.582. The van der Waals surface area contributed by atoms with E-state index in [1.807, 2.05) is 12.1 Å². The number of benzene rings is 1. The first-order chi connectivity index (χ1) is 5.62. The molecule has 1 atom stereocenters. The minimum absolute atomic E-state index is 0.428. The highest BCUT2D eigenvalue weighted by Crippen LogP contribution is 2.33. The van der Waals surface area contributed by atoms with Crippen molar-refractivity contribution < 1.29 is 8.42 Å². The summed E-state index contributed by atoms with van der Waals surface area (Å²) in [6, 6.07) is 7.13. The zero-order valence-electron chi connectivity index (χ0n) is 6.20.